The van der Waals surface area contributed by atoms with Crippen LogP contribution in [0.15, 0.2) is 12.3 Å². The van der Waals surface area contributed by atoms with Crippen LogP contribution in [0.5, 0.6) is 0 Å². The van der Waals surface area contributed by atoms with Crippen molar-refractivity contribution in [1.29, 1.82) is 5.26 Å². The van der Waals surface area contributed by atoms with E-state index in [0.717, 1.165) is 5.56 Å². The third-order valence-electron chi connectivity index (χ3n) is 1.71. The molecule has 0 aliphatic heterocycles. The SMILES string of the molecule is Cc1ccnc(NCCN)c1C#N. The van der Waals surface area contributed by atoms with Crippen molar-refractivity contribution in [1.82, 2.24) is 4.98 Å². The number of nitriles is 1. The lowest BCUT2D eigenvalue weighted by atomic mass is 10.1. The smallest absolute Gasteiger partial charge is 0.144 e. The number of hydrogen-bond acceptors (Lipinski definition) is 4. The van der Waals surface area contributed by atoms with E-state index in [2.05, 4.69) is 16.4 Å². The predicted molar refractivity (Wildman–Crippen MR) is 51.2 cm³/mol. The van der Waals surface area contributed by atoms with Crippen LogP contribution in [0.2, 0.25) is 0 Å². The Hall–Kier alpha value is -1.60. The third kappa shape index (κ3) is 2.17. The van der Waals surface area contributed by atoms with E-state index < -0.39 is 0 Å². The van der Waals surface area contributed by atoms with Gasteiger partial charge in [0.05, 0.1) is 5.56 Å². The van der Waals surface area contributed by atoms with Crippen molar-refractivity contribution in [2.75, 3.05) is 18.4 Å². The van der Waals surface area contributed by atoms with Crippen molar-refractivity contribution in [3.8, 4) is 6.07 Å². The van der Waals surface area contributed by atoms with Gasteiger partial charge >= 0.3 is 0 Å². The van der Waals surface area contributed by atoms with Gasteiger partial charge in [-0.25, -0.2) is 4.98 Å². The van der Waals surface area contributed by atoms with Gasteiger partial charge in [0.1, 0.15) is 11.9 Å². The molecular weight excluding hydrogens is 164 g/mol. The number of nitrogens with one attached hydrogen (secondary N) is 1. The third-order valence-corrected chi connectivity index (χ3v) is 1.71. The number of aryl methyl sites for hydroxylation is 1. The Morgan fingerprint density at radius 2 is 2.46 bits per heavy atom. The van der Waals surface area contributed by atoms with Gasteiger partial charge in [-0.2, -0.15) is 5.26 Å². The molecule has 68 valence electrons. The van der Waals surface area contributed by atoms with E-state index in [1.54, 1.807) is 6.20 Å². The molecular formula is C9H12N4. The van der Waals surface area contributed by atoms with Crippen LogP contribution < -0.4 is 11.1 Å². The van der Waals surface area contributed by atoms with Crippen LogP contribution in [-0.4, -0.2) is 18.1 Å². The maximum absolute atomic E-state index is 8.84. The van der Waals surface area contributed by atoms with Gasteiger partial charge < -0.3 is 11.1 Å². The molecule has 4 heteroatoms. The summed E-state index contributed by atoms with van der Waals surface area (Å²) in [6.45, 7) is 3.04. The molecule has 0 spiro atoms. The zero-order chi connectivity index (χ0) is 9.68. The first kappa shape index (κ1) is 9.49. The summed E-state index contributed by atoms with van der Waals surface area (Å²) in [5.74, 6) is 0.618. The van der Waals surface area contributed by atoms with Gasteiger partial charge in [-0.05, 0) is 18.6 Å². The molecule has 1 aromatic rings. The molecule has 0 aliphatic carbocycles. The van der Waals surface area contributed by atoms with Crippen molar-refractivity contribution >= 4 is 5.82 Å². The average molecular weight is 176 g/mol. The second-order valence-electron chi connectivity index (χ2n) is 2.68. The lowest BCUT2D eigenvalue weighted by Crippen LogP contribution is -2.14. The number of aromatic nitrogens is 1. The minimum Gasteiger partial charge on any atom is -0.368 e. The lowest BCUT2D eigenvalue weighted by molar-refractivity contribution is 1.01. The molecule has 0 atom stereocenters. The normalized spacial score (nSPS) is 9.31. The first-order chi connectivity index (χ1) is 6.29. The fourth-order valence-corrected chi connectivity index (χ4v) is 1.02. The quantitative estimate of drug-likeness (QED) is 0.708. The second kappa shape index (κ2) is 4.43. The summed E-state index contributed by atoms with van der Waals surface area (Å²) in [4.78, 5) is 4.06. The van der Waals surface area contributed by atoms with Crippen LogP contribution in [0.25, 0.3) is 0 Å². The Kier molecular flexibility index (Phi) is 3.23. The van der Waals surface area contributed by atoms with Gasteiger partial charge in [0.25, 0.3) is 0 Å². The molecule has 13 heavy (non-hydrogen) atoms. The Balaban J connectivity index is 2.93. The molecule has 1 rings (SSSR count). The number of rotatable bonds is 3. The molecule has 0 amide bonds. The number of pyridine rings is 1. The van der Waals surface area contributed by atoms with E-state index in [1.165, 1.54) is 0 Å². The molecule has 0 aliphatic rings. The van der Waals surface area contributed by atoms with Crippen LogP contribution in [-0.2, 0) is 0 Å². The topological polar surface area (TPSA) is 74.7 Å². The molecule has 1 heterocycles. The highest BCUT2D eigenvalue weighted by Gasteiger charge is 2.04. The van der Waals surface area contributed by atoms with Gasteiger partial charge in [-0.1, -0.05) is 0 Å². The Morgan fingerprint density at radius 1 is 1.69 bits per heavy atom. The molecule has 0 unspecified atom stereocenters. The van der Waals surface area contributed by atoms with Crippen LogP contribution in [0.1, 0.15) is 11.1 Å². The summed E-state index contributed by atoms with van der Waals surface area (Å²) in [5, 5.41) is 11.8. The van der Waals surface area contributed by atoms with Crippen LogP contribution >= 0.6 is 0 Å². The standard InChI is InChI=1S/C9H12N4/c1-7-2-4-12-9(8(7)6-11)13-5-3-10/h2,4H,3,5,10H2,1H3,(H,12,13). The predicted octanol–water partition coefficient (Wildman–Crippen LogP) is 0.632. The highest BCUT2D eigenvalue weighted by Crippen LogP contribution is 2.14. The monoisotopic (exact) mass is 176 g/mol. The zero-order valence-electron chi connectivity index (χ0n) is 7.54. The molecule has 0 aromatic carbocycles. The largest absolute Gasteiger partial charge is 0.368 e. The molecule has 4 nitrogen and oxygen atoms in total. The van der Waals surface area contributed by atoms with Gasteiger partial charge in [0.2, 0.25) is 0 Å². The molecule has 0 saturated heterocycles. The number of hydrogen-bond donors (Lipinski definition) is 2. The summed E-state index contributed by atoms with van der Waals surface area (Å²) in [6.07, 6.45) is 1.68. The van der Waals surface area contributed by atoms with Crippen molar-refractivity contribution in [3.05, 3.63) is 23.4 Å². The number of nitrogens with two attached hydrogens (primary N) is 1. The van der Waals surface area contributed by atoms with E-state index in [-0.39, 0.29) is 0 Å². The highest BCUT2D eigenvalue weighted by atomic mass is 15.0. The molecule has 0 bridgehead atoms. The Labute approximate surface area is 77.4 Å². The summed E-state index contributed by atoms with van der Waals surface area (Å²) < 4.78 is 0. The fourth-order valence-electron chi connectivity index (χ4n) is 1.02. The first-order valence-electron chi connectivity index (χ1n) is 4.09. The fraction of sp³-hybridized carbons (Fsp3) is 0.333. The summed E-state index contributed by atoms with van der Waals surface area (Å²) in [5.41, 5.74) is 6.85. The molecule has 3 N–H and O–H groups in total. The minimum absolute atomic E-state index is 0.528. The van der Waals surface area contributed by atoms with Crippen LogP contribution in [0, 0.1) is 18.3 Å². The molecule has 0 fully saturated rings. The number of nitrogens with zero attached hydrogens (tertiary/aromatic N) is 2. The van der Waals surface area contributed by atoms with E-state index in [4.69, 9.17) is 11.0 Å². The highest BCUT2D eigenvalue weighted by molar-refractivity contribution is 5.55. The van der Waals surface area contributed by atoms with E-state index in [9.17, 15) is 0 Å². The van der Waals surface area contributed by atoms with Gasteiger partial charge in [-0.15, -0.1) is 0 Å². The summed E-state index contributed by atoms with van der Waals surface area (Å²) in [7, 11) is 0. The van der Waals surface area contributed by atoms with E-state index in [1.807, 2.05) is 13.0 Å². The van der Waals surface area contributed by atoms with E-state index >= 15 is 0 Å². The van der Waals surface area contributed by atoms with Gasteiger partial charge in [0.15, 0.2) is 0 Å². The molecule has 0 radical (unpaired) electrons. The zero-order valence-corrected chi connectivity index (χ0v) is 7.54. The molecule has 1 aromatic heterocycles. The van der Waals surface area contributed by atoms with Crippen LogP contribution in [0.3, 0.4) is 0 Å². The summed E-state index contributed by atoms with van der Waals surface area (Å²) >= 11 is 0. The van der Waals surface area contributed by atoms with Crippen molar-refractivity contribution in [3.63, 3.8) is 0 Å². The minimum atomic E-state index is 0.528. The van der Waals surface area contributed by atoms with Crippen molar-refractivity contribution in [2.45, 2.75) is 6.92 Å². The Morgan fingerprint density at radius 3 is 3.08 bits per heavy atom. The summed E-state index contributed by atoms with van der Waals surface area (Å²) in [6, 6.07) is 3.92. The Bertz CT molecular complexity index is 327. The van der Waals surface area contributed by atoms with Crippen molar-refractivity contribution in [2.24, 2.45) is 5.73 Å². The van der Waals surface area contributed by atoms with Gasteiger partial charge in [-0.3, -0.25) is 0 Å². The lowest BCUT2D eigenvalue weighted by Gasteiger charge is -2.06. The van der Waals surface area contributed by atoms with Crippen LogP contribution in [0.4, 0.5) is 5.82 Å². The second-order valence-corrected chi connectivity index (χ2v) is 2.68. The van der Waals surface area contributed by atoms with Crippen molar-refractivity contribution < 1.29 is 0 Å². The first-order valence-corrected chi connectivity index (χ1v) is 4.09. The molecule has 0 saturated carbocycles. The van der Waals surface area contributed by atoms with Gasteiger partial charge in [0, 0.05) is 19.3 Å². The maximum atomic E-state index is 8.84. The number of anilines is 1. The average Bonchev–Trinajstić information content (AvgIpc) is 2.15. The van der Waals surface area contributed by atoms with E-state index in [0.29, 0.717) is 24.5 Å². The maximum Gasteiger partial charge on any atom is 0.144 e.